The molecular weight excluding hydrogens is 387 g/mol. The smallest absolute Gasteiger partial charge is 0.870 e. The molecule has 0 aliphatic rings. The number of carbonyl (C=O) groups is 2. The van der Waals surface area contributed by atoms with Gasteiger partial charge in [-0.2, -0.15) is 0 Å². The third-order valence-electron chi connectivity index (χ3n) is 3.18. The van der Waals surface area contributed by atoms with Crippen LogP contribution in [0.3, 0.4) is 0 Å². The van der Waals surface area contributed by atoms with Gasteiger partial charge in [-0.15, -0.1) is 0 Å². The van der Waals surface area contributed by atoms with Crippen LogP contribution in [0.2, 0.25) is 0 Å². The van der Waals surface area contributed by atoms with E-state index in [1.165, 1.54) is 0 Å². The van der Waals surface area contributed by atoms with Crippen molar-refractivity contribution in [2.45, 2.75) is 6.92 Å². The van der Waals surface area contributed by atoms with Gasteiger partial charge in [-0.3, -0.25) is 0 Å². The Morgan fingerprint density at radius 2 is 1.56 bits per heavy atom. The van der Waals surface area contributed by atoms with Crippen LogP contribution < -0.4 is 9.30 Å². The van der Waals surface area contributed by atoms with Gasteiger partial charge in [-0.05, 0) is 6.92 Å². The minimum atomic E-state index is -0.421. The van der Waals surface area contributed by atoms with Crippen molar-refractivity contribution in [3.63, 3.8) is 0 Å². The van der Waals surface area contributed by atoms with Crippen LogP contribution in [0.25, 0.3) is 0 Å². The number of hydrogen-bond donors (Lipinski definition) is 0. The molecular formula is C17H19GeNO6. The Morgan fingerprint density at radius 1 is 1.00 bits per heavy atom. The minimum Gasteiger partial charge on any atom is -0.870 e. The van der Waals surface area contributed by atoms with Gasteiger partial charge in [-0.1, -0.05) is 0 Å². The van der Waals surface area contributed by atoms with Crippen LogP contribution in [0.4, 0.5) is 5.69 Å². The Balaban J connectivity index is 0. The predicted octanol–water partition coefficient (Wildman–Crippen LogP) is 1.40. The van der Waals surface area contributed by atoms with Crippen molar-refractivity contribution in [3.05, 3.63) is 59.7 Å². The van der Waals surface area contributed by atoms with Gasteiger partial charge in [0.15, 0.2) is 0 Å². The number of ether oxygens (including phenoxy) is 1. The van der Waals surface area contributed by atoms with Crippen LogP contribution >= 0.6 is 0 Å². The van der Waals surface area contributed by atoms with Gasteiger partial charge < -0.3 is 16.4 Å². The van der Waals surface area contributed by atoms with Crippen molar-refractivity contribution in [3.8, 4) is 0 Å². The summed E-state index contributed by atoms with van der Waals surface area (Å²) in [6.07, 6.45) is 0. The fraction of sp³-hybridized carbons (Fsp3) is 0.176. The topological polar surface area (TPSA) is 137 Å². The van der Waals surface area contributed by atoms with Crippen molar-refractivity contribution in [1.29, 1.82) is 0 Å². The van der Waals surface area contributed by atoms with E-state index < -0.39 is 5.97 Å². The largest absolute Gasteiger partial charge is 0.870 e. The summed E-state index contributed by atoms with van der Waals surface area (Å²) in [5, 5.41) is 0. The summed E-state index contributed by atoms with van der Waals surface area (Å²) < 4.78 is 6.09. The van der Waals surface area contributed by atoms with Crippen LogP contribution in [0, 0.1) is 0 Å². The molecule has 8 heteroatoms. The molecule has 0 saturated carbocycles. The number of carbonyl (C=O) groups excluding carboxylic acids is 2. The van der Waals surface area contributed by atoms with Gasteiger partial charge >= 0.3 is 131 Å². The summed E-state index contributed by atoms with van der Waals surface area (Å²) in [6.45, 7) is 2.05. The average Bonchev–Trinajstić information content (AvgIpc) is 2.54. The van der Waals surface area contributed by atoms with Crippen molar-refractivity contribution >= 4 is 38.5 Å². The fourth-order valence-corrected chi connectivity index (χ4v) is 2.34. The van der Waals surface area contributed by atoms with Crippen LogP contribution in [-0.2, 0) is 4.74 Å². The second kappa shape index (κ2) is 11.4. The molecule has 0 unspecified atom stereocenters. The maximum absolute atomic E-state index is 12.5. The molecule has 0 saturated heterocycles. The van der Waals surface area contributed by atoms with Crippen LogP contribution in [-0.4, -0.2) is 58.5 Å². The van der Waals surface area contributed by atoms with E-state index in [4.69, 9.17) is 4.74 Å². The second-order valence-electron chi connectivity index (χ2n) is 4.71. The number of anilines is 1. The molecule has 0 atom stereocenters. The van der Waals surface area contributed by atoms with E-state index in [1.54, 1.807) is 43.1 Å². The molecule has 2 aromatic carbocycles. The van der Waals surface area contributed by atoms with E-state index in [9.17, 15) is 9.59 Å². The maximum Gasteiger partial charge on any atom is -0.870 e. The standard InChI is InChI=1S/C17H16GeNO3.3H2O/c1-3-22-17(21)13-6-4-5-12(11-13)16(20)19(2)15-9-7-14(18)8-10-15;;;/h4-11H,3H2,1-2H3;3*1H2/q+3;;;/p-3. The van der Waals surface area contributed by atoms with Crippen molar-refractivity contribution in [1.82, 2.24) is 0 Å². The SMILES string of the molecule is CCOC(=O)c1cccc(C(=O)N(C)c2cc[c]([Ge+3])cc2)c1.[OH-].[OH-].[OH-]. The third-order valence-corrected chi connectivity index (χ3v) is 3.88. The molecule has 0 aliphatic carbocycles. The first kappa shape index (κ1) is 25.0. The summed E-state index contributed by atoms with van der Waals surface area (Å²) in [4.78, 5) is 25.8. The van der Waals surface area contributed by atoms with Gasteiger partial charge in [0.05, 0.1) is 0 Å². The van der Waals surface area contributed by atoms with Gasteiger partial charge in [0.1, 0.15) is 0 Å². The molecule has 2 aromatic rings. The number of benzene rings is 2. The molecule has 0 heterocycles. The van der Waals surface area contributed by atoms with Gasteiger partial charge in [0.2, 0.25) is 0 Å². The zero-order valence-electron chi connectivity index (χ0n) is 13.8. The summed E-state index contributed by atoms with van der Waals surface area (Å²) >= 11 is 1.99. The number of nitrogens with zero attached hydrogens (tertiary/aromatic N) is 1. The summed E-state index contributed by atoms with van der Waals surface area (Å²) in [5.41, 5.74) is 1.63. The molecule has 132 valence electrons. The zero-order chi connectivity index (χ0) is 16.1. The first-order chi connectivity index (χ1) is 10.5. The van der Waals surface area contributed by atoms with Crippen molar-refractivity contribution in [2.75, 3.05) is 18.6 Å². The van der Waals surface area contributed by atoms with E-state index in [0.717, 1.165) is 10.1 Å². The molecule has 0 bridgehead atoms. The van der Waals surface area contributed by atoms with E-state index in [-0.39, 0.29) is 22.3 Å². The monoisotopic (exact) mass is 407 g/mol. The quantitative estimate of drug-likeness (QED) is 0.556. The third kappa shape index (κ3) is 6.31. The molecule has 25 heavy (non-hydrogen) atoms. The summed E-state index contributed by atoms with van der Waals surface area (Å²) in [5.74, 6) is -0.592. The molecule has 0 radical (unpaired) electrons. The van der Waals surface area contributed by atoms with Crippen molar-refractivity contribution in [2.24, 2.45) is 0 Å². The van der Waals surface area contributed by atoms with Crippen LogP contribution in [0.15, 0.2) is 48.5 Å². The zero-order valence-corrected chi connectivity index (χ0v) is 15.9. The van der Waals surface area contributed by atoms with Crippen molar-refractivity contribution < 1.29 is 30.8 Å². The second-order valence-corrected chi connectivity index (χ2v) is 5.92. The molecule has 3 N–H and O–H groups in total. The van der Waals surface area contributed by atoms with E-state index in [1.807, 2.05) is 40.8 Å². The Morgan fingerprint density at radius 3 is 2.12 bits per heavy atom. The van der Waals surface area contributed by atoms with Crippen LogP contribution in [0.5, 0.6) is 0 Å². The summed E-state index contributed by atoms with van der Waals surface area (Å²) in [7, 11) is 1.71. The predicted molar refractivity (Wildman–Crippen MR) is 92.8 cm³/mol. The van der Waals surface area contributed by atoms with Gasteiger partial charge in [-0.25, -0.2) is 0 Å². The molecule has 2 rings (SSSR count). The molecule has 0 spiro atoms. The van der Waals surface area contributed by atoms with Crippen LogP contribution in [0.1, 0.15) is 27.6 Å². The van der Waals surface area contributed by atoms with E-state index in [2.05, 4.69) is 0 Å². The molecule has 7 nitrogen and oxygen atoms in total. The van der Waals surface area contributed by atoms with E-state index >= 15 is 0 Å². The van der Waals surface area contributed by atoms with E-state index in [0.29, 0.717) is 17.7 Å². The van der Waals surface area contributed by atoms with Gasteiger partial charge in [0.25, 0.3) is 0 Å². The Kier molecular flexibility index (Phi) is 11.4. The normalized spacial score (nSPS) is 8.96. The maximum atomic E-state index is 12.5. The molecule has 0 aromatic heterocycles. The number of rotatable bonds is 4. The first-order valence-electron chi connectivity index (χ1n) is 6.90. The Labute approximate surface area is 154 Å². The number of esters is 1. The van der Waals surface area contributed by atoms with Gasteiger partial charge in [0, 0.05) is 0 Å². The minimum absolute atomic E-state index is 0. The summed E-state index contributed by atoms with van der Waals surface area (Å²) in [6, 6.07) is 14.3. The Bertz CT molecular complexity index is 690. The fourth-order valence-electron chi connectivity index (χ4n) is 1.99. The average molecular weight is 406 g/mol. The molecule has 1 amide bonds. The molecule has 0 fully saturated rings. The Hall–Kier alpha value is -2.20. The number of amides is 1. The first-order valence-corrected chi connectivity index (χ1v) is 7.94. The number of hydrogen-bond acceptors (Lipinski definition) is 6. The molecule has 0 aliphatic heterocycles.